The van der Waals surface area contributed by atoms with Crippen LogP contribution in [0.1, 0.15) is 49.8 Å². The summed E-state index contributed by atoms with van der Waals surface area (Å²) in [5.74, 6) is 2.91. The Labute approximate surface area is 197 Å². The van der Waals surface area contributed by atoms with Gasteiger partial charge in [-0.15, -0.1) is 0 Å². The highest BCUT2D eigenvalue weighted by atomic mass is 16.5. The van der Waals surface area contributed by atoms with E-state index >= 15 is 0 Å². The maximum atomic E-state index is 10.3. The van der Waals surface area contributed by atoms with Crippen molar-refractivity contribution >= 4 is 6.21 Å². The Hall–Kier alpha value is -3.20. The molecule has 33 heavy (non-hydrogen) atoms. The molecule has 6 nitrogen and oxygen atoms in total. The average molecular weight is 451 g/mol. The number of hydrogen-bond donors (Lipinski definition) is 0. The fraction of sp³-hybridized carbons (Fsp3) is 0.481. The Balaban J connectivity index is 1.75. The van der Waals surface area contributed by atoms with E-state index in [0.29, 0.717) is 17.2 Å². The Bertz CT molecular complexity index is 1040. The molecule has 0 saturated heterocycles. The van der Waals surface area contributed by atoms with Crippen molar-refractivity contribution in [3.63, 3.8) is 0 Å². The first-order valence-electron chi connectivity index (χ1n) is 11.3. The number of hydrogen-bond acceptors (Lipinski definition) is 6. The zero-order chi connectivity index (χ0) is 24.0. The molecule has 0 aliphatic carbocycles. The lowest BCUT2D eigenvalue weighted by Crippen LogP contribution is -2.31. The van der Waals surface area contributed by atoms with Crippen molar-refractivity contribution in [2.75, 3.05) is 28.4 Å². The molecule has 2 atom stereocenters. The predicted octanol–water partition coefficient (Wildman–Crippen LogP) is 5.35. The van der Waals surface area contributed by atoms with Crippen LogP contribution >= 0.6 is 0 Å². The Morgan fingerprint density at radius 2 is 1.61 bits per heavy atom. The van der Waals surface area contributed by atoms with Crippen molar-refractivity contribution in [3.8, 4) is 29.1 Å². The van der Waals surface area contributed by atoms with E-state index in [1.807, 2.05) is 36.5 Å². The molecule has 2 aromatic carbocycles. The minimum absolute atomic E-state index is 0.146. The third-order valence-electron chi connectivity index (χ3n) is 6.72. The van der Waals surface area contributed by atoms with Crippen molar-refractivity contribution in [1.29, 1.82) is 5.26 Å². The lowest BCUT2D eigenvalue weighted by Gasteiger charge is -2.32. The summed E-state index contributed by atoms with van der Waals surface area (Å²) in [6.07, 6.45) is 5.34. The van der Waals surface area contributed by atoms with Gasteiger partial charge in [-0.3, -0.25) is 4.99 Å². The molecule has 0 spiro atoms. The van der Waals surface area contributed by atoms with Crippen molar-refractivity contribution < 1.29 is 18.9 Å². The van der Waals surface area contributed by atoms with Crippen LogP contribution in [0, 0.1) is 17.2 Å². The van der Waals surface area contributed by atoms with Gasteiger partial charge in [0.05, 0.1) is 46.0 Å². The van der Waals surface area contributed by atoms with E-state index in [1.54, 1.807) is 28.4 Å². The van der Waals surface area contributed by atoms with Crippen molar-refractivity contribution in [2.45, 2.75) is 51.0 Å². The van der Waals surface area contributed by atoms with E-state index in [9.17, 15) is 5.26 Å². The highest BCUT2D eigenvalue weighted by Gasteiger charge is 2.36. The standard InChI is InChI=1S/C27H34N2O4/c1-18(2)27(17-28,21-9-10-23(30-3)26(15-21)33-6)11-7-8-22-12-19-13-24(31-4)25(32-5)14-20(19)16-29-22/h9-10,13-16,18,22H,7-8,11-12H2,1-6H3. The Morgan fingerprint density at radius 3 is 2.21 bits per heavy atom. The van der Waals surface area contributed by atoms with Gasteiger partial charge in [-0.25, -0.2) is 0 Å². The SMILES string of the molecule is COc1ccc(C(C#N)(CCCC2Cc3cc(OC)c(OC)cc3C=N2)C(C)C)cc1OC. The summed E-state index contributed by atoms with van der Waals surface area (Å²) in [5.41, 5.74) is 2.64. The molecule has 1 heterocycles. The minimum Gasteiger partial charge on any atom is -0.493 e. The molecule has 6 heteroatoms. The van der Waals surface area contributed by atoms with Crippen LogP contribution in [0.25, 0.3) is 0 Å². The molecule has 3 rings (SSSR count). The summed E-state index contributed by atoms with van der Waals surface area (Å²) in [5, 5.41) is 10.3. The van der Waals surface area contributed by atoms with E-state index in [0.717, 1.165) is 42.6 Å². The van der Waals surface area contributed by atoms with Crippen molar-refractivity contribution in [3.05, 3.63) is 47.0 Å². The van der Waals surface area contributed by atoms with E-state index < -0.39 is 5.41 Å². The van der Waals surface area contributed by atoms with Crippen LogP contribution in [0.3, 0.4) is 0 Å². The maximum Gasteiger partial charge on any atom is 0.161 e. The summed E-state index contributed by atoms with van der Waals surface area (Å²) in [6.45, 7) is 4.21. The molecule has 0 saturated carbocycles. The first-order chi connectivity index (χ1) is 15.9. The van der Waals surface area contributed by atoms with Crippen LogP contribution in [0.15, 0.2) is 35.3 Å². The molecule has 0 N–H and O–H groups in total. The highest BCUT2D eigenvalue weighted by Crippen LogP contribution is 2.41. The number of benzene rings is 2. The molecule has 2 aromatic rings. The van der Waals surface area contributed by atoms with Gasteiger partial charge in [-0.05, 0) is 72.6 Å². The van der Waals surface area contributed by atoms with Gasteiger partial charge in [-0.2, -0.15) is 5.26 Å². The van der Waals surface area contributed by atoms with Gasteiger partial charge in [-0.1, -0.05) is 19.9 Å². The van der Waals surface area contributed by atoms with Crippen LogP contribution < -0.4 is 18.9 Å². The van der Waals surface area contributed by atoms with Crippen molar-refractivity contribution in [2.24, 2.45) is 10.9 Å². The normalized spacial score (nSPS) is 16.5. The summed E-state index contributed by atoms with van der Waals surface area (Å²) in [6, 6.07) is 12.7. The topological polar surface area (TPSA) is 73.1 Å². The molecule has 2 unspecified atom stereocenters. The summed E-state index contributed by atoms with van der Waals surface area (Å²) < 4.78 is 21.7. The van der Waals surface area contributed by atoms with Gasteiger partial charge in [0.15, 0.2) is 23.0 Å². The number of ether oxygens (including phenoxy) is 4. The van der Waals surface area contributed by atoms with Gasteiger partial charge in [0.1, 0.15) is 0 Å². The Morgan fingerprint density at radius 1 is 0.970 bits per heavy atom. The third kappa shape index (κ3) is 4.93. The van der Waals surface area contributed by atoms with Crippen LogP contribution in [0.2, 0.25) is 0 Å². The maximum absolute atomic E-state index is 10.3. The number of nitriles is 1. The van der Waals surface area contributed by atoms with Crippen LogP contribution in [-0.4, -0.2) is 40.7 Å². The minimum atomic E-state index is -0.605. The number of aliphatic imine (C=N–C) groups is 1. The van der Waals surface area contributed by atoms with Gasteiger partial charge in [0.2, 0.25) is 0 Å². The summed E-state index contributed by atoms with van der Waals surface area (Å²) >= 11 is 0. The second-order valence-corrected chi connectivity index (χ2v) is 8.74. The fourth-order valence-electron chi connectivity index (χ4n) is 4.65. The third-order valence-corrected chi connectivity index (χ3v) is 6.72. The van der Waals surface area contributed by atoms with Gasteiger partial charge >= 0.3 is 0 Å². The molecule has 0 aromatic heterocycles. The van der Waals surface area contributed by atoms with E-state index in [4.69, 9.17) is 23.9 Å². The second-order valence-electron chi connectivity index (χ2n) is 8.74. The summed E-state index contributed by atoms with van der Waals surface area (Å²) in [7, 11) is 6.53. The first-order valence-corrected chi connectivity index (χ1v) is 11.3. The predicted molar refractivity (Wildman–Crippen MR) is 130 cm³/mol. The lowest BCUT2D eigenvalue weighted by molar-refractivity contribution is 0.337. The molecule has 0 fully saturated rings. The zero-order valence-electron chi connectivity index (χ0n) is 20.5. The fourth-order valence-corrected chi connectivity index (χ4v) is 4.65. The average Bonchev–Trinajstić information content (AvgIpc) is 2.85. The van der Waals surface area contributed by atoms with Gasteiger partial charge in [0.25, 0.3) is 0 Å². The van der Waals surface area contributed by atoms with Crippen LogP contribution in [-0.2, 0) is 11.8 Å². The number of rotatable bonds is 10. The molecule has 1 aliphatic heterocycles. The molecular weight excluding hydrogens is 416 g/mol. The second kappa shape index (κ2) is 10.6. The Kier molecular flexibility index (Phi) is 7.86. The first kappa shape index (κ1) is 24.4. The molecule has 0 amide bonds. The quantitative estimate of drug-likeness (QED) is 0.488. The zero-order valence-corrected chi connectivity index (χ0v) is 20.5. The molecule has 1 aliphatic rings. The summed E-state index contributed by atoms with van der Waals surface area (Å²) in [4.78, 5) is 4.77. The van der Waals surface area contributed by atoms with E-state index in [-0.39, 0.29) is 12.0 Å². The van der Waals surface area contributed by atoms with Gasteiger partial charge in [0, 0.05) is 6.21 Å². The largest absolute Gasteiger partial charge is 0.493 e. The van der Waals surface area contributed by atoms with Crippen molar-refractivity contribution in [1.82, 2.24) is 0 Å². The van der Waals surface area contributed by atoms with E-state index in [2.05, 4.69) is 19.9 Å². The monoisotopic (exact) mass is 450 g/mol. The molecular formula is C27H34N2O4. The number of fused-ring (bicyclic) bond motifs is 1. The molecule has 0 radical (unpaired) electrons. The number of methoxy groups -OCH3 is 4. The molecule has 176 valence electrons. The van der Waals surface area contributed by atoms with Crippen LogP contribution in [0.5, 0.6) is 23.0 Å². The smallest absolute Gasteiger partial charge is 0.161 e. The lowest BCUT2D eigenvalue weighted by atomic mass is 9.69. The molecule has 0 bridgehead atoms. The van der Waals surface area contributed by atoms with Crippen LogP contribution in [0.4, 0.5) is 0 Å². The number of nitrogens with zero attached hydrogens (tertiary/aromatic N) is 2. The van der Waals surface area contributed by atoms with E-state index in [1.165, 1.54) is 5.56 Å². The highest BCUT2D eigenvalue weighted by molar-refractivity contribution is 5.84. The van der Waals surface area contributed by atoms with Gasteiger partial charge < -0.3 is 18.9 Å².